The van der Waals surface area contributed by atoms with E-state index in [0.717, 1.165) is 0 Å². The molecule has 0 aliphatic carbocycles. The molecule has 1 aromatic rings. The number of β-amino-alcohol motifs (C(OH)–C–C–N with tert-alkyl or cyclic N) is 1. The van der Waals surface area contributed by atoms with Crippen molar-refractivity contribution >= 4 is 22.2 Å². The molecule has 0 bridgehead atoms. The number of aliphatic hydroxyl groups is 1. The van der Waals surface area contributed by atoms with Crippen LogP contribution in [0.3, 0.4) is 0 Å². The normalized spacial score (nSPS) is 19.9. The molecule has 0 radical (unpaired) electrons. The molecule has 1 aliphatic heterocycles. The Morgan fingerprint density at radius 2 is 1.68 bits per heavy atom. The lowest BCUT2D eigenvalue weighted by molar-refractivity contribution is -0.164. The quantitative estimate of drug-likeness (QED) is 0.541. The molecule has 1 fully saturated rings. The largest absolute Gasteiger partial charge is 0.478 e. The van der Waals surface area contributed by atoms with Crippen LogP contribution in [0.2, 0.25) is 0 Å². The minimum Gasteiger partial charge on any atom is -0.478 e. The molecule has 1 aliphatic rings. The second kappa shape index (κ2) is 5.80. The smallest absolute Gasteiger partial charge is 0.335 e. The minimum absolute atomic E-state index is 0.0544. The van der Waals surface area contributed by atoms with E-state index in [2.05, 4.69) is 0 Å². The Hall–Kier alpha value is -1.92. The number of hydrogen-bond acceptors (Lipinski definition) is 5. The van der Waals surface area contributed by atoms with E-state index in [4.69, 9.17) is 9.84 Å². The molecular formula is C16H20F5NO5S. The standard InChI is InChI=1S/C16H20F5NO5S/c1-15(2,3)27-13(23)7-22-8-16(26,9-22)11-4-10(14(24)25)5-12(6-11)28(17,18,19,20)21/h4-6,26H,7-9H2,1-3H3,(H,24,25). The second-order valence-electron chi connectivity index (χ2n) is 7.78. The Balaban J connectivity index is 2.28. The first kappa shape index (κ1) is 22.4. The number of carbonyl (C=O) groups excluding carboxylic acids is 1. The predicted molar refractivity (Wildman–Crippen MR) is 91.0 cm³/mol. The van der Waals surface area contributed by atoms with Gasteiger partial charge in [0.15, 0.2) is 0 Å². The third kappa shape index (κ3) is 5.32. The Bertz CT molecular complexity index is 829. The van der Waals surface area contributed by atoms with Gasteiger partial charge in [0.25, 0.3) is 0 Å². The highest BCUT2D eigenvalue weighted by molar-refractivity contribution is 8.45. The average molecular weight is 433 g/mol. The van der Waals surface area contributed by atoms with E-state index in [-0.39, 0.29) is 31.8 Å². The molecular weight excluding hydrogens is 413 g/mol. The topological polar surface area (TPSA) is 87.1 Å². The molecule has 0 amide bonds. The number of nitrogens with zero attached hydrogens (tertiary/aromatic N) is 1. The molecule has 0 saturated carbocycles. The van der Waals surface area contributed by atoms with Gasteiger partial charge in [0, 0.05) is 13.1 Å². The van der Waals surface area contributed by atoms with E-state index >= 15 is 0 Å². The summed E-state index contributed by atoms with van der Waals surface area (Å²) in [5.41, 5.74) is -4.41. The maximum atomic E-state index is 13.1. The van der Waals surface area contributed by atoms with Crippen molar-refractivity contribution in [2.45, 2.75) is 36.9 Å². The molecule has 0 spiro atoms. The fourth-order valence-electron chi connectivity index (χ4n) is 2.76. The number of hydrogen-bond donors (Lipinski definition) is 2. The number of ether oxygens (including phenoxy) is 1. The van der Waals surface area contributed by atoms with Crippen molar-refractivity contribution in [3.8, 4) is 0 Å². The summed E-state index contributed by atoms with van der Waals surface area (Å²) < 4.78 is 70.8. The van der Waals surface area contributed by atoms with Gasteiger partial charge in [0.1, 0.15) is 16.1 Å². The van der Waals surface area contributed by atoms with Gasteiger partial charge < -0.3 is 14.9 Å². The summed E-state index contributed by atoms with van der Waals surface area (Å²) in [4.78, 5) is 21.8. The van der Waals surface area contributed by atoms with Gasteiger partial charge in [0.05, 0.1) is 12.1 Å². The summed E-state index contributed by atoms with van der Waals surface area (Å²) in [5, 5.41) is 19.4. The molecule has 1 heterocycles. The van der Waals surface area contributed by atoms with E-state index in [1.807, 2.05) is 0 Å². The van der Waals surface area contributed by atoms with Crippen LogP contribution in [0.15, 0.2) is 23.1 Å². The van der Waals surface area contributed by atoms with Crippen LogP contribution in [-0.2, 0) is 15.1 Å². The number of rotatable bonds is 5. The molecule has 2 rings (SSSR count). The summed E-state index contributed by atoms with van der Waals surface area (Å²) in [5.74, 6) is -2.49. The summed E-state index contributed by atoms with van der Waals surface area (Å²) in [6, 6.07) is 0.604. The van der Waals surface area contributed by atoms with Crippen molar-refractivity contribution < 1.29 is 44.0 Å². The Morgan fingerprint density at radius 1 is 1.14 bits per heavy atom. The molecule has 1 saturated heterocycles. The highest BCUT2D eigenvalue weighted by Crippen LogP contribution is 3.02. The van der Waals surface area contributed by atoms with Crippen LogP contribution in [0, 0.1) is 0 Å². The first-order valence-corrected chi connectivity index (χ1v) is 9.93. The lowest BCUT2D eigenvalue weighted by atomic mass is 9.85. The van der Waals surface area contributed by atoms with Gasteiger partial charge in [-0.1, -0.05) is 19.4 Å². The van der Waals surface area contributed by atoms with Gasteiger partial charge in [-0.15, -0.1) is 0 Å². The van der Waals surface area contributed by atoms with E-state index in [1.165, 1.54) is 4.90 Å². The predicted octanol–water partition coefficient (Wildman–Crippen LogP) is 3.89. The second-order valence-corrected chi connectivity index (χ2v) is 10.2. The maximum Gasteiger partial charge on any atom is 0.335 e. The van der Waals surface area contributed by atoms with Crippen LogP contribution >= 0.6 is 10.2 Å². The van der Waals surface area contributed by atoms with Gasteiger partial charge >= 0.3 is 22.2 Å². The van der Waals surface area contributed by atoms with E-state index < -0.39 is 49.4 Å². The van der Waals surface area contributed by atoms with Crippen LogP contribution in [0.4, 0.5) is 19.4 Å². The van der Waals surface area contributed by atoms with Crippen LogP contribution in [0.25, 0.3) is 0 Å². The number of carboxylic acids is 1. The number of carbonyl (C=O) groups is 2. The fraction of sp³-hybridized carbons (Fsp3) is 0.500. The zero-order valence-corrected chi connectivity index (χ0v) is 16.0. The lowest BCUT2D eigenvalue weighted by Gasteiger charge is -2.47. The van der Waals surface area contributed by atoms with Crippen molar-refractivity contribution in [2.75, 3.05) is 19.6 Å². The van der Waals surface area contributed by atoms with E-state index in [0.29, 0.717) is 6.07 Å². The van der Waals surface area contributed by atoms with E-state index in [9.17, 15) is 34.1 Å². The molecule has 2 N–H and O–H groups in total. The molecule has 0 aromatic heterocycles. The zero-order chi connectivity index (χ0) is 21.8. The van der Waals surface area contributed by atoms with Crippen molar-refractivity contribution in [3.63, 3.8) is 0 Å². The molecule has 6 nitrogen and oxygen atoms in total. The van der Waals surface area contributed by atoms with Gasteiger partial charge in [-0.05, 0) is 44.5 Å². The average Bonchev–Trinajstić information content (AvgIpc) is 2.40. The van der Waals surface area contributed by atoms with Gasteiger partial charge in [-0.2, -0.15) is 0 Å². The summed E-state index contributed by atoms with van der Waals surface area (Å²) in [7, 11) is -10.2. The van der Waals surface area contributed by atoms with Crippen molar-refractivity contribution in [1.82, 2.24) is 4.90 Å². The third-order valence-corrected chi connectivity index (χ3v) is 5.01. The summed E-state index contributed by atoms with van der Waals surface area (Å²) in [6.07, 6.45) is 0. The number of esters is 1. The van der Waals surface area contributed by atoms with Gasteiger partial charge in [-0.3, -0.25) is 9.69 Å². The Labute approximate surface area is 157 Å². The molecule has 1 aromatic carbocycles. The minimum atomic E-state index is -10.2. The highest BCUT2D eigenvalue weighted by Gasteiger charge is 2.66. The molecule has 0 unspecified atom stereocenters. The highest BCUT2D eigenvalue weighted by atomic mass is 32.5. The molecule has 28 heavy (non-hydrogen) atoms. The number of benzene rings is 1. The van der Waals surface area contributed by atoms with Crippen molar-refractivity contribution in [3.05, 3.63) is 29.3 Å². The molecule has 160 valence electrons. The monoisotopic (exact) mass is 433 g/mol. The van der Waals surface area contributed by atoms with E-state index in [1.54, 1.807) is 20.8 Å². The summed E-state index contributed by atoms with van der Waals surface area (Å²) in [6.45, 7) is 3.93. The molecule has 0 atom stereocenters. The van der Waals surface area contributed by atoms with Crippen LogP contribution in [-0.4, -0.2) is 52.3 Å². The third-order valence-electron chi connectivity index (χ3n) is 3.88. The number of aromatic carboxylic acids is 1. The first-order chi connectivity index (χ1) is 12.2. The SMILES string of the molecule is CC(C)(C)OC(=O)CN1CC(O)(c2cc(C(=O)O)cc(S(F)(F)(F)(F)F)c2)C1. The maximum absolute atomic E-state index is 13.1. The number of halogens is 5. The van der Waals surface area contributed by atoms with Crippen molar-refractivity contribution in [2.24, 2.45) is 0 Å². The van der Waals surface area contributed by atoms with Crippen LogP contribution in [0.5, 0.6) is 0 Å². The summed E-state index contributed by atoms with van der Waals surface area (Å²) >= 11 is 0. The van der Waals surface area contributed by atoms with Crippen LogP contribution < -0.4 is 0 Å². The Kier molecular flexibility index (Phi) is 4.63. The fourth-order valence-corrected chi connectivity index (χ4v) is 3.46. The van der Waals surface area contributed by atoms with Gasteiger partial charge in [-0.25, -0.2) is 4.79 Å². The van der Waals surface area contributed by atoms with Crippen molar-refractivity contribution in [1.29, 1.82) is 0 Å². The van der Waals surface area contributed by atoms with Crippen LogP contribution in [0.1, 0.15) is 36.7 Å². The first-order valence-electron chi connectivity index (χ1n) is 7.98. The number of likely N-dealkylation sites (tertiary alicyclic amines) is 1. The zero-order valence-electron chi connectivity index (χ0n) is 15.2. The number of carboxylic acid groups (broad SMARTS) is 1. The van der Waals surface area contributed by atoms with Gasteiger partial charge in [0.2, 0.25) is 0 Å². The molecule has 12 heteroatoms. The Morgan fingerprint density at radius 3 is 2.11 bits per heavy atom. The lowest BCUT2D eigenvalue weighted by Crippen LogP contribution is -2.60.